The Kier molecular flexibility index (Phi) is 5.27. The second-order valence-corrected chi connectivity index (χ2v) is 11.4. The van der Waals surface area contributed by atoms with E-state index in [9.17, 15) is 0 Å². The van der Waals surface area contributed by atoms with Crippen LogP contribution in [-0.2, 0) is 0 Å². The minimum atomic E-state index is 1.18. The third-order valence-electron chi connectivity index (χ3n) is 8.94. The summed E-state index contributed by atoms with van der Waals surface area (Å²) in [5.41, 5.74) is 8.54. The maximum absolute atomic E-state index is 2.37. The van der Waals surface area contributed by atoms with E-state index in [-0.39, 0.29) is 0 Å². The molecular weight excluding hydrogens is 518 g/mol. The van der Waals surface area contributed by atoms with Crippen LogP contribution >= 0.6 is 0 Å². The molecule has 1 heteroatoms. The molecule has 0 saturated heterocycles. The molecular formula is C42H27N. The molecule has 9 rings (SSSR count). The van der Waals surface area contributed by atoms with Gasteiger partial charge in [-0.15, -0.1) is 0 Å². The first kappa shape index (κ1) is 24.0. The van der Waals surface area contributed by atoms with E-state index in [0.717, 1.165) is 0 Å². The number of rotatable bonds is 3. The van der Waals surface area contributed by atoms with Crippen molar-refractivity contribution in [2.75, 3.05) is 0 Å². The molecule has 0 bridgehead atoms. The van der Waals surface area contributed by atoms with E-state index >= 15 is 0 Å². The molecule has 0 saturated carbocycles. The number of hydrogen-bond acceptors (Lipinski definition) is 0. The number of para-hydroxylation sites is 2. The first-order chi connectivity index (χ1) is 21.3. The van der Waals surface area contributed by atoms with Gasteiger partial charge < -0.3 is 4.57 Å². The zero-order valence-corrected chi connectivity index (χ0v) is 23.5. The Labute approximate surface area is 249 Å². The fourth-order valence-corrected chi connectivity index (χ4v) is 6.89. The molecule has 1 heterocycles. The molecule has 0 aliphatic carbocycles. The molecule has 0 aliphatic heterocycles. The summed E-state index contributed by atoms with van der Waals surface area (Å²) < 4.78 is 2.37. The van der Waals surface area contributed by atoms with Crippen molar-refractivity contribution in [1.82, 2.24) is 4.57 Å². The largest absolute Gasteiger partial charge is 0.309 e. The summed E-state index contributed by atoms with van der Waals surface area (Å²) in [6.07, 6.45) is 0. The first-order valence-corrected chi connectivity index (χ1v) is 14.9. The van der Waals surface area contributed by atoms with Crippen molar-refractivity contribution >= 4 is 54.1 Å². The predicted molar refractivity (Wildman–Crippen MR) is 184 cm³/mol. The standard InChI is InChI=1S/C42H27N/c1-2-12-35(13-3-1)43-40-16-7-6-15-37(40)39-27-34(23-24-41(39)43)32-11-8-10-31(25-32)33-22-19-29-18-21-30-20-17-28-9-4-5-14-36(28)42(30)38(29)26-33/h1-27H. The van der Waals surface area contributed by atoms with Crippen LogP contribution < -0.4 is 0 Å². The molecule has 0 spiro atoms. The highest BCUT2D eigenvalue weighted by Crippen LogP contribution is 2.37. The zero-order chi connectivity index (χ0) is 28.3. The van der Waals surface area contributed by atoms with Gasteiger partial charge in [-0.3, -0.25) is 0 Å². The molecule has 0 aliphatic rings. The lowest BCUT2D eigenvalue weighted by Gasteiger charge is -2.11. The lowest BCUT2D eigenvalue weighted by atomic mass is 9.93. The van der Waals surface area contributed by atoms with E-state index in [1.807, 2.05) is 0 Å². The van der Waals surface area contributed by atoms with Crippen molar-refractivity contribution < 1.29 is 0 Å². The topological polar surface area (TPSA) is 4.93 Å². The summed E-state index contributed by atoms with van der Waals surface area (Å²) in [6, 6.07) is 59.8. The SMILES string of the molecule is c1ccc(-n2c3ccccc3c3cc(-c4cccc(-c5ccc6ccc7ccc8ccccc8c7c6c5)c4)ccc32)cc1. The molecule has 43 heavy (non-hydrogen) atoms. The average Bonchev–Trinajstić information content (AvgIpc) is 3.42. The number of fused-ring (bicyclic) bond motifs is 8. The Morgan fingerprint density at radius 3 is 1.67 bits per heavy atom. The third-order valence-corrected chi connectivity index (χ3v) is 8.94. The van der Waals surface area contributed by atoms with Gasteiger partial charge in [0.2, 0.25) is 0 Å². The maximum atomic E-state index is 2.37. The summed E-state index contributed by atoms with van der Waals surface area (Å²) in [4.78, 5) is 0. The van der Waals surface area contributed by atoms with Crippen molar-refractivity contribution in [1.29, 1.82) is 0 Å². The van der Waals surface area contributed by atoms with Gasteiger partial charge in [0.15, 0.2) is 0 Å². The van der Waals surface area contributed by atoms with Crippen LogP contribution in [0.25, 0.3) is 82.1 Å². The highest BCUT2D eigenvalue weighted by Gasteiger charge is 2.13. The summed E-state index contributed by atoms with van der Waals surface area (Å²) in [6.45, 7) is 0. The van der Waals surface area contributed by atoms with E-state index in [2.05, 4.69) is 168 Å². The highest BCUT2D eigenvalue weighted by molar-refractivity contribution is 6.20. The summed E-state index contributed by atoms with van der Waals surface area (Å²) >= 11 is 0. The van der Waals surface area contributed by atoms with Crippen molar-refractivity contribution in [3.8, 4) is 27.9 Å². The van der Waals surface area contributed by atoms with Crippen molar-refractivity contribution in [2.24, 2.45) is 0 Å². The van der Waals surface area contributed by atoms with Gasteiger partial charge in [0.1, 0.15) is 0 Å². The Hall–Kier alpha value is -5.66. The van der Waals surface area contributed by atoms with E-state index in [1.54, 1.807) is 0 Å². The van der Waals surface area contributed by atoms with E-state index in [4.69, 9.17) is 0 Å². The fraction of sp³-hybridized carbons (Fsp3) is 0. The molecule has 8 aromatic carbocycles. The number of hydrogen-bond donors (Lipinski definition) is 0. The minimum Gasteiger partial charge on any atom is -0.309 e. The van der Waals surface area contributed by atoms with Gasteiger partial charge in [0.25, 0.3) is 0 Å². The summed E-state index contributed by atoms with van der Waals surface area (Å²) in [5.74, 6) is 0. The third kappa shape index (κ3) is 3.79. The minimum absolute atomic E-state index is 1.18. The Morgan fingerprint density at radius 1 is 0.302 bits per heavy atom. The van der Waals surface area contributed by atoms with Gasteiger partial charge in [0, 0.05) is 16.5 Å². The summed E-state index contributed by atoms with van der Waals surface area (Å²) in [7, 11) is 0. The van der Waals surface area contributed by atoms with Crippen LogP contribution in [0.3, 0.4) is 0 Å². The second-order valence-electron chi connectivity index (χ2n) is 11.4. The lowest BCUT2D eigenvalue weighted by molar-refractivity contribution is 1.18. The van der Waals surface area contributed by atoms with Crippen LogP contribution in [0.15, 0.2) is 164 Å². The molecule has 0 radical (unpaired) electrons. The molecule has 1 aromatic heterocycles. The molecule has 0 N–H and O–H groups in total. The van der Waals surface area contributed by atoms with Gasteiger partial charge in [-0.2, -0.15) is 0 Å². The lowest BCUT2D eigenvalue weighted by Crippen LogP contribution is -1.92. The number of aromatic nitrogens is 1. The average molecular weight is 546 g/mol. The Balaban J connectivity index is 1.20. The smallest absolute Gasteiger partial charge is 0.0541 e. The van der Waals surface area contributed by atoms with Gasteiger partial charge in [0.05, 0.1) is 11.0 Å². The van der Waals surface area contributed by atoms with Crippen molar-refractivity contribution in [3.05, 3.63) is 164 Å². The van der Waals surface area contributed by atoms with Crippen LogP contribution in [0.1, 0.15) is 0 Å². The van der Waals surface area contributed by atoms with Gasteiger partial charge >= 0.3 is 0 Å². The quantitative estimate of drug-likeness (QED) is 0.195. The monoisotopic (exact) mass is 545 g/mol. The molecule has 0 fully saturated rings. The van der Waals surface area contributed by atoms with Gasteiger partial charge in [-0.1, -0.05) is 121 Å². The summed E-state index contributed by atoms with van der Waals surface area (Å²) in [5, 5.41) is 10.3. The van der Waals surface area contributed by atoms with Crippen LogP contribution in [0.4, 0.5) is 0 Å². The number of benzene rings is 8. The fourth-order valence-electron chi connectivity index (χ4n) is 6.89. The van der Waals surface area contributed by atoms with E-state index < -0.39 is 0 Å². The molecule has 1 nitrogen and oxygen atoms in total. The first-order valence-electron chi connectivity index (χ1n) is 14.9. The van der Waals surface area contributed by atoms with Crippen molar-refractivity contribution in [2.45, 2.75) is 0 Å². The van der Waals surface area contributed by atoms with Crippen molar-refractivity contribution in [3.63, 3.8) is 0 Å². The van der Waals surface area contributed by atoms with Crippen LogP contribution in [-0.4, -0.2) is 4.57 Å². The van der Waals surface area contributed by atoms with Gasteiger partial charge in [-0.25, -0.2) is 0 Å². The Bertz CT molecular complexity index is 2490. The number of nitrogens with zero attached hydrogens (tertiary/aromatic N) is 1. The molecule has 9 aromatic rings. The van der Waals surface area contributed by atoms with Crippen LogP contribution in [0.2, 0.25) is 0 Å². The van der Waals surface area contributed by atoms with E-state index in [0.29, 0.717) is 0 Å². The van der Waals surface area contributed by atoms with Crippen LogP contribution in [0, 0.1) is 0 Å². The van der Waals surface area contributed by atoms with E-state index in [1.165, 1.54) is 82.1 Å². The zero-order valence-electron chi connectivity index (χ0n) is 23.5. The predicted octanol–water partition coefficient (Wildman–Crippen LogP) is 11.6. The molecule has 0 unspecified atom stereocenters. The van der Waals surface area contributed by atoms with Gasteiger partial charge in [-0.05, 0) is 97.0 Å². The highest BCUT2D eigenvalue weighted by atomic mass is 15.0. The maximum Gasteiger partial charge on any atom is 0.0541 e. The molecule has 0 amide bonds. The molecule has 0 atom stereocenters. The normalized spacial score (nSPS) is 11.7. The Morgan fingerprint density at radius 2 is 0.860 bits per heavy atom. The molecule has 200 valence electrons. The second kappa shape index (κ2) is 9.44. The van der Waals surface area contributed by atoms with Crippen LogP contribution in [0.5, 0.6) is 0 Å².